The standard InChI is InChI=1S/C14H30N2/c1-5-14(15)12(4)16-9-6-7-13(8-10-16)11(2)3/h11-14H,5-10,15H2,1-4H3. The molecule has 0 aromatic heterocycles. The predicted octanol–water partition coefficient (Wildman–Crippen LogP) is 2.87. The summed E-state index contributed by atoms with van der Waals surface area (Å²) >= 11 is 0. The lowest BCUT2D eigenvalue weighted by Gasteiger charge is -2.31. The third-order valence-corrected chi connectivity index (χ3v) is 4.42. The highest BCUT2D eigenvalue weighted by atomic mass is 15.2. The Labute approximate surface area is 102 Å². The van der Waals surface area contributed by atoms with Crippen molar-refractivity contribution in [2.75, 3.05) is 13.1 Å². The summed E-state index contributed by atoms with van der Waals surface area (Å²) in [5.74, 6) is 1.77. The highest BCUT2D eigenvalue weighted by molar-refractivity contribution is 4.81. The molecule has 0 aromatic carbocycles. The van der Waals surface area contributed by atoms with Gasteiger partial charge in [0, 0.05) is 12.1 Å². The van der Waals surface area contributed by atoms with Crippen LogP contribution in [0.15, 0.2) is 0 Å². The lowest BCUT2D eigenvalue weighted by Crippen LogP contribution is -2.46. The van der Waals surface area contributed by atoms with E-state index >= 15 is 0 Å². The molecule has 2 nitrogen and oxygen atoms in total. The zero-order valence-electron chi connectivity index (χ0n) is 11.6. The van der Waals surface area contributed by atoms with Crippen molar-refractivity contribution in [1.82, 2.24) is 4.90 Å². The van der Waals surface area contributed by atoms with Crippen molar-refractivity contribution in [3.63, 3.8) is 0 Å². The van der Waals surface area contributed by atoms with Crippen LogP contribution in [0.4, 0.5) is 0 Å². The Bertz CT molecular complexity index is 191. The fourth-order valence-corrected chi connectivity index (χ4v) is 2.83. The van der Waals surface area contributed by atoms with Gasteiger partial charge in [-0.15, -0.1) is 0 Å². The normalized spacial score (nSPS) is 27.8. The minimum absolute atomic E-state index is 0.343. The molecular formula is C14H30N2. The van der Waals surface area contributed by atoms with Crippen molar-refractivity contribution < 1.29 is 0 Å². The maximum absolute atomic E-state index is 6.15. The molecule has 0 spiro atoms. The Morgan fingerprint density at radius 3 is 2.44 bits per heavy atom. The molecule has 2 N–H and O–H groups in total. The summed E-state index contributed by atoms with van der Waals surface area (Å²) < 4.78 is 0. The fraction of sp³-hybridized carbons (Fsp3) is 1.00. The first-order valence-corrected chi connectivity index (χ1v) is 7.05. The zero-order valence-corrected chi connectivity index (χ0v) is 11.6. The van der Waals surface area contributed by atoms with Gasteiger partial charge in [0.25, 0.3) is 0 Å². The lowest BCUT2D eigenvalue weighted by molar-refractivity contribution is 0.184. The molecule has 16 heavy (non-hydrogen) atoms. The van der Waals surface area contributed by atoms with Gasteiger partial charge in [-0.25, -0.2) is 0 Å². The summed E-state index contributed by atoms with van der Waals surface area (Å²) in [5, 5.41) is 0. The largest absolute Gasteiger partial charge is 0.326 e. The Morgan fingerprint density at radius 2 is 1.88 bits per heavy atom. The van der Waals surface area contributed by atoms with Gasteiger partial charge >= 0.3 is 0 Å². The zero-order chi connectivity index (χ0) is 12.1. The summed E-state index contributed by atoms with van der Waals surface area (Å²) in [7, 11) is 0. The van der Waals surface area contributed by atoms with Crippen LogP contribution in [0.25, 0.3) is 0 Å². The van der Waals surface area contributed by atoms with Crippen LogP contribution in [-0.4, -0.2) is 30.1 Å². The van der Waals surface area contributed by atoms with Crippen LogP contribution < -0.4 is 5.73 Å². The van der Waals surface area contributed by atoms with E-state index in [1.165, 1.54) is 32.4 Å². The Morgan fingerprint density at radius 1 is 1.19 bits per heavy atom. The molecule has 1 aliphatic rings. The summed E-state index contributed by atoms with van der Waals surface area (Å²) in [4.78, 5) is 2.61. The van der Waals surface area contributed by atoms with Crippen molar-refractivity contribution >= 4 is 0 Å². The summed E-state index contributed by atoms with van der Waals surface area (Å²) in [5.41, 5.74) is 6.15. The molecule has 1 aliphatic heterocycles. The van der Waals surface area contributed by atoms with E-state index in [9.17, 15) is 0 Å². The number of nitrogens with two attached hydrogens (primary N) is 1. The number of likely N-dealkylation sites (tertiary alicyclic amines) is 1. The van der Waals surface area contributed by atoms with Gasteiger partial charge in [0.15, 0.2) is 0 Å². The van der Waals surface area contributed by atoms with Crippen molar-refractivity contribution in [3.05, 3.63) is 0 Å². The molecule has 3 unspecified atom stereocenters. The quantitative estimate of drug-likeness (QED) is 0.798. The van der Waals surface area contributed by atoms with E-state index in [0.717, 1.165) is 18.3 Å². The average Bonchev–Trinajstić information content (AvgIpc) is 2.52. The monoisotopic (exact) mass is 226 g/mol. The van der Waals surface area contributed by atoms with E-state index in [1.54, 1.807) is 0 Å². The van der Waals surface area contributed by atoms with Crippen molar-refractivity contribution in [3.8, 4) is 0 Å². The average molecular weight is 226 g/mol. The molecule has 0 radical (unpaired) electrons. The predicted molar refractivity (Wildman–Crippen MR) is 71.5 cm³/mol. The molecule has 1 fully saturated rings. The molecule has 96 valence electrons. The molecule has 1 rings (SSSR count). The second-order valence-electron chi connectivity index (χ2n) is 5.78. The number of nitrogens with zero attached hydrogens (tertiary/aromatic N) is 1. The van der Waals surface area contributed by atoms with E-state index in [2.05, 4.69) is 32.6 Å². The summed E-state index contributed by atoms with van der Waals surface area (Å²) in [6.07, 6.45) is 5.20. The molecule has 0 bridgehead atoms. The molecule has 2 heteroatoms. The van der Waals surface area contributed by atoms with Gasteiger partial charge < -0.3 is 5.73 Å². The molecule has 0 aliphatic carbocycles. The van der Waals surface area contributed by atoms with E-state index in [0.29, 0.717) is 12.1 Å². The van der Waals surface area contributed by atoms with Gasteiger partial charge in [-0.3, -0.25) is 4.90 Å². The lowest BCUT2D eigenvalue weighted by atomic mass is 9.89. The van der Waals surface area contributed by atoms with Gasteiger partial charge in [0.1, 0.15) is 0 Å². The Balaban J connectivity index is 2.46. The van der Waals surface area contributed by atoms with Crippen LogP contribution in [0.5, 0.6) is 0 Å². The van der Waals surface area contributed by atoms with E-state index < -0.39 is 0 Å². The minimum Gasteiger partial charge on any atom is -0.326 e. The van der Waals surface area contributed by atoms with Crippen LogP contribution in [0.3, 0.4) is 0 Å². The van der Waals surface area contributed by atoms with E-state index in [-0.39, 0.29) is 0 Å². The topological polar surface area (TPSA) is 29.3 Å². The maximum atomic E-state index is 6.15. The fourth-order valence-electron chi connectivity index (χ4n) is 2.83. The van der Waals surface area contributed by atoms with Gasteiger partial charge in [-0.05, 0) is 57.5 Å². The first-order valence-electron chi connectivity index (χ1n) is 7.05. The molecule has 1 heterocycles. The summed E-state index contributed by atoms with van der Waals surface area (Å²) in [6.45, 7) is 11.7. The van der Waals surface area contributed by atoms with Gasteiger partial charge in [-0.2, -0.15) is 0 Å². The number of hydrogen-bond acceptors (Lipinski definition) is 2. The highest BCUT2D eigenvalue weighted by Gasteiger charge is 2.24. The second kappa shape index (κ2) is 6.61. The second-order valence-corrected chi connectivity index (χ2v) is 5.78. The van der Waals surface area contributed by atoms with E-state index in [4.69, 9.17) is 5.73 Å². The van der Waals surface area contributed by atoms with Crippen LogP contribution in [0, 0.1) is 11.8 Å². The summed E-state index contributed by atoms with van der Waals surface area (Å²) in [6, 6.07) is 0.895. The molecule has 1 saturated heterocycles. The third kappa shape index (κ3) is 3.74. The SMILES string of the molecule is CCC(N)C(C)N1CCCC(C(C)C)CC1. The molecule has 0 aromatic rings. The highest BCUT2D eigenvalue weighted by Crippen LogP contribution is 2.25. The van der Waals surface area contributed by atoms with Gasteiger partial charge in [-0.1, -0.05) is 20.8 Å². The van der Waals surface area contributed by atoms with Gasteiger partial charge in [0.2, 0.25) is 0 Å². The van der Waals surface area contributed by atoms with Gasteiger partial charge in [0.05, 0.1) is 0 Å². The molecule has 3 atom stereocenters. The smallest absolute Gasteiger partial charge is 0.0218 e. The molecule has 0 saturated carbocycles. The van der Waals surface area contributed by atoms with Crippen LogP contribution in [0.1, 0.15) is 53.4 Å². The van der Waals surface area contributed by atoms with E-state index in [1.807, 2.05) is 0 Å². The van der Waals surface area contributed by atoms with Crippen molar-refractivity contribution in [1.29, 1.82) is 0 Å². The van der Waals surface area contributed by atoms with Crippen LogP contribution >= 0.6 is 0 Å². The maximum Gasteiger partial charge on any atom is 0.0218 e. The van der Waals surface area contributed by atoms with Crippen LogP contribution in [-0.2, 0) is 0 Å². The Hall–Kier alpha value is -0.0800. The minimum atomic E-state index is 0.343. The number of rotatable bonds is 4. The number of hydrogen-bond donors (Lipinski definition) is 1. The van der Waals surface area contributed by atoms with Crippen LogP contribution in [0.2, 0.25) is 0 Å². The Kier molecular flexibility index (Phi) is 5.77. The molecular weight excluding hydrogens is 196 g/mol. The first kappa shape index (κ1) is 14.0. The third-order valence-electron chi connectivity index (χ3n) is 4.42. The van der Waals surface area contributed by atoms with Crippen molar-refractivity contribution in [2.24, 2.45) is 17.6 Å². The molecule has 0 amide bonds. The first-order chi connectivity index (χ1) is 7.56. The van der Waals surface area contributed by atoms with Crippen molar-refractivity contribution in [2.45, 2.75) is 65.5 Å².